The minimum absolute atomic E-state index is 0.00869. The topological polar surface area (TPSA) is 62.2 Å². The maximum atomic E-state index is 12.1. The molecule has 1 amide bonds. The number of aryl methyl sites for hydroxylation is 2. The van der Waals surface area contributed by atoms with Crippen molar-refractivity contribution in [2.75, 3.05) is 0 Å². The number of nitrogens with zero attached hydrogens (tertiary/aromatic N) is 1. The molecule has 2 N–H and O–H groups in total. The van der Waals surface area contributed by atoms with Gasteiger partial charge in [-0.05, 0) is 32.9 Å². The van der Waals surface area contributed by atoms with Crippen LogP contribution in [-0.2, 0) is 0 Å². The number of nitrogens with one attached hydrogen (secondary N) is 1. The average Bonchev–Trinajstić information content (AvgIpc) is 2.79. The molecule has 0 fully saturated rings. The van der Waals surface area contributed by atoms with Crippen LogP contribution in [0.2, 0.25) is 0 Å². The number of thiazole rings is 1. The van der Waals surface area contributed by atoms with Crippen LogP contribution in [0.4, 0.5) is 0 Å². The largest absolute Gasteiger partial charge is 0.507 e. The van der Waals surface area contributed by atoms with Crippen molar-refractivity contribution in [1.82, 2.24) is 10.3 Å². The fourth-order valence-corrected chi connectivity index (χ4v) is 2.52. The maximum absolute atomic E-state index is 12.1. The molecule has 2 rings (SSSR count). The number of hydrogen-bond acceptors (Lipinski definition) is 4. The first kappa shape index (κ1) is 13.5. The number of amides is 1. The van der Waals surface area contributed by atoms with Gasteiger partial charge >= 0.3 is 0 Å². The Hall–Kier alpha value is -1.88. The summed E-state index contributed by atoms with van der Waals surface area (Å²) in [5.41, 5.74) is 1.22. The number of rotatable bonds is 3. The van der Waals surface area contributed by atoms with Crippen LogP contribution in [0, 0.1) is 13.8 Å². The van der Waals surface area contributed by atoms with E-state index in [0.717, 1.165) is 15.4 Å². The van der Waals surface area contributed by atoms with Crippen molar-refractivity contribution in [2.45, 2.75) is 26.8 Å². The van der Waals surface area contributed by atoms with Crippen molar-refractivity contribution >= 4 is 17.2 Å². The first-order chi connectivity index (χ1) is 8.97. The Bertz CT molecular complexity index is 607. The summed E-state index contributed by atoms with van der Waals surface area (Å²) in [4.78, 5) is 17.5. The summed E-state index contributed by atoms with van der Waals surface area (Å²) < 4.78 is 0. The predicted octanol–water partition coefficient (Wildman–Crippen LogP) is 2.96. The van der Waals surface area contributed by atoms with Gasteiger partial charge in [0, 0.05) is 11.1 Å². The highest BCUT2D eigenvalue weighted by Crippen LogP contribution is 2.22. The van der Waals surface area contributed by atoms with Gasteiger partial charge in [-0.1, -0.05) is 11.6 Å². The minimum Gasteiger partial charge on any atom is -0.507 e. The van der Waals surface area contributed by atoms with E-state index in [1.165, 1.54) is 6.07 Å². The lowest BCUT2D eigenvalue weighted by molar-refractivity contribution is 0.0937. The molecule has 1 heterocycles. The van der Waals surface area contributed by atoms with Gasteiger partial charge in [0.15, 0.2) is 0 Å². The van der Waals surface area contributed by atoms with E-state index in [1.807, 2.05) is 20.8 Å². The second-order valence-electron chi connectivity index (χ2n) is 4.52. The molecule has 0 aliphatic rings. The summed E-state index contributed by atoms with van der Waals surface area (Å²) in [5.74, 6) is -0.299. The molecule has 4 nitrogen and oxygen atoms in total. The Balaban J connectivity index is 2.15. The lowest BCUT2D eigenvalue weighted by Crippen LogP contribution is -2.26. The van der Waals surface area contributed by atoms with E-state index in [1.54, 1.807) is 29.7 Å². The van der Waals surface area contributed by atoms with Gasteiger partial charge < -0.3 is 10.4 Å². The number of aromatic nitrogens is 1. The molecule has 19 heavy (non-hydrogen) atoms. The van der Waals surface area contributed by atoms with E-state index in [9.17, 15) is 9.90 Å². The van der Waals surface area contributed by atoms with Crippen LogP contribution in [0.5, 0.6) is 5.75 Å². The molecule has 0 bridgehead atoms. The fourth-order valence-electron chi connectivity index (χ4n) is 1.74. The number of aromatic hydroxyl groups is 1. The Morgan fingerprint density at radius 1 is 1.42 bits per heavy atom. The highest BCUT2D eigenvalue weighted by atomic mass is 32.1. The Morgan fingerprint density at radius 2 is 2.16 bits per heavy atom. The molecular weight excluding hydrogens is 260 g/mol. The number of carbonyl (C=O) groups is 1. The van der Waals surface area contributed by atoms with Crippen LogP contribution in [0.15, 0.2) is 24.4 Å². The van der Waals surface area contributed by atoms with Crippen molar-refractivity contribution in [3.05, 3.63) is 45.4 Å². The van der Waals surface area contributed by atoms with Crippen LogP contribution in [0.25, 0.3) is 0 Å². The Morgan fingerprint density at radius 3 is 2.79 bits per heavy atom. The molecule has 1 aromatic carbocycles. The van der Waals surface area contributed by atoms with E-state index >= 15 is 0 Å². The molecule has 1 aromatic heterocycles. The second-order valence-corrected chi connectivity index (χ2v) is 5.79. The third kappa shape index (κ3) is 3.12. The van der Waals surface area contributed by atoms with Crippen LogP contribution in [0.3, 0.4) is 0 Å². The van der Waals surface area contributed by atoms with Gasteiger partial charge in [0.1, 0.15) is 10.8 Å². The summed E-state index contributed by atoms with van der Waals surface area (Å²) >= 11 is 1.55. The first-order valence-electron chi connectivity index (χ1n) is 6.00. The zero-order valence-corrected chi connectivity index (χ0v) is 11.9. The molecule has 0 spiro atoms. The van der Waals surface area contributed by atoms with Gasteiger partial charge in [-0.25, -0.2) is 4.98 Å². The maximum Gasteiger partial charge on any atom is 0.255 e. The predicted molar refractivity (Wildman–Crippen MR) is 75.6 cm³/mol. The van der Waals surface area contributed by atoms with E-state index < -0.39 is 0 Å². The number of hydrogen-bond donors (Lipinski definition) is 2. The third-order valence-electron chi connectivity index (χ3n) is 2.75. The monoisotopic (exact) mass is 276 g/mol. The molecule has 2 aromatic rings. The minimum atomic E-state index is -0.290. The van der Waals surface area contributed by atoms with Gasteiger partial charge in [0.2, 0.25) is 0 Å². The summed E-state index contributed by atoms with van der Waals surface area (Å²) in [6.07, 6.45) is 1.78. The molecule has 1 unspecified atom stereocenters. The Labute approximate surface area is 116 Å². The third-order valence-corrected chi connectivity index (χ3v) is 3.85. The van der Waals surface area contributed by atoms with Crippen LogP contribution in [0.1, 0.15) is 38.8 Å². The summed E-state index contributed by atoms with van der Waals surface area (Å²) in [6.45, 7) is 5.73. The highest BCUT2D eigenvalue weighted by molar-refractivity contribution is 7.11. The smallest absolute Gasteiger partial charge is 0.255 e. The molecular formula is C14H16N2O2S. The lowest BCUT2D eigenvalue weighted by atomic mass is 10.1. The van der Waals surface area contributed by atoms with Crippen LogP contribution in [-0.4, -0.2) is 16.0 Å². The van der Waals surface area contributed by atoms with E-state index in [0.29, 0.717) is 5.56 Å². The highest BCUT2D eigenvalue weighted by Gasteiger charge is 2.16. The van der Waals surface area contributed by atoms with Crippen LogP contribution < -0.4 is 5.32 Å². The van der Waals surface area contributed by atoms with Crippen molar-refractivity contribution in [1.29, 1.82) is 0 Å². The van der Waals surface area contributed by atoms with Crippen molar-refractivity contribution in [3.8, 4) is 5.75 Å². The number of phenolic OH excluding ortho intramolecular Hbond substituents is 1. The summed E-state index contributed by atoms with van der Waals surface area (Å²) in [7, 11) is 0. The normalized spacial score (nSPS) is 12.2. The van der Waals surface area contributed by atoms with Crippen molar-refractivity contribution in [3.63, 3.8) is 0 Å². The lowest BCUT2D eigenvalue weighted by Gasteiger charge is -2.12. The molecule has 0 aliphatic heterocycles. The van der Waals surface area contributed by atoms with Crippen molar-refractivity contribution < 1.29 is 9.90 Å². The average molecular weight is 276 g/mol. The first-order valence-corrected chi connectivity index (χ1v) is 6.82. The molecule has 5 heteroatoms. The summed E-state index contributed by atoms with van der Waals surface area (Å²) in [5, 5.41) is 13.4. The van der Waals surface area contributed by atoms with E-state index in [-0.39, 0.29) is 17.7 Å². The SMILES string of the molecule is Cc1ccc(O)c(C(=O)NC(C)c2ncc(C)s2)c1. The number of phenols is 1. The Kier molecular flexibility index (Phi) is 3.85. The van der Waals surface area contributed by atoms with Gasteiger partial charge in [-0.15, -0.1) is 11.3 Å². The molecule has 100 valence electrons. The van der Waals surface area contributed by atoms with Gasteiger partial charge in [-0.2, -0.15) is 0 Å². The quantitative estimate of drug-likeness (QED) is 0.906. The van der Waals surface area contributed by atoms with Crippen molar-refractivity contribution in [2.24, 2.45) is 0 Å². The van der Waals surface area contributed by atoms with Gasteiger partial charge in [-0.3, -0.25) is 4.79 Å². The molecule has 0 saturated heterocycles. The molecule has 1 atom stereocenters. The molecule has 0 radical (unpaired) electrons. The van der Waals surface area contributed by atoms with Gasteiger partial charge in [0.25, 0.3) is 5.91 Å². The van der Waals surface area contributed by atoms with Gasteiger partial charge in [0.05, 0.1) is 11.6 Å². The molecule has 0 saturated carbocycles. The fraction of sp³-hybridized carbons (Fsp3) is 0.286. The van der Waals surface area contributed by atoms with Crippen LogP contribution >= 0.6 is 11.3 Å². The number of carbonyl (C=O) groups excluding carboxylic acids is 1. The number of benzene rings is 1. The zero-order valence-electron chi connectivity index (χ0n) is 11.1. The second kappa shape index (κ2) is 5.40. The molecule has 0 aliphatic carbocycles. The standard InChI is InChI=1S/C14H16N2O2S/c1-8-4-5-12(17)11(6-8)13(18)16-10(3)14-15-7-9(2)19-14/h4-7,10,17H,1-3H3,(H,16,18). The summed E-state index contributed by atoms with van der Waals surface area (Å²) in [6, 6.07) is 4.79. The van der Waals surface area contributed by atoms with E-state index in [4.69, 9.17) is 0 Å². The zero-order chi connectivity index (χ0) is 14.0. The van der Waals surface area contributed by atoms with E-state index in [2.05, 4.69) is 10.3 Å².